The molecule has 3 unspecified atom stereocenters. The molecule has 0 bridgehead atoms. The van der Waals surface area contributed by atoms with Gasteiger partial charge in [-0.05, 0) is 83.5 Å². The number of ether oxygens (including phenoxy) is 1. The zero-order valence-electron chi connectivity index (χ0n) is 38.2. The van der Waals surface area contributed by atoms with Crippen LogP contribution in [0.5, 0.6) is 0 Å². The van der Waals surface area contributed by atoms with Crippen molar-refractivity contribution in [1.82, 2.24) is 5.32 Å². The Morgan fingerprint density at radius 2 is 0.902 bits per heavy atom. The van der Waals surface area contributed by atoms with Crippen molar-refractivity contribution in [1.29, 1.82) is 0 Å². The molecular formula is C49H86NO10P. The summed E-state index contributed by atoms with van der Waals surface area (Å²) in [5, 5.41) is 21.9. The average molecular weight is 880 g/mol. The summed E-state index contributed by atoms with van der Waals surface area (Å²) in [5.41, 5.74) is 0. The van der Waals surface area contributed by atoms with Crippen LogP contribution >= 0.6 is 7.82 Å². The van der Waals surface area contributed by atoms with Gasteiger partial charge in [0.1, 0.15) is 12.7 Å². The number of carbonyl (C=O) groups excluding carboxylic acids is 2. The number of carbonyl (C=O) groups is 3. The van der Waals surface area contributed by atoms with Gasteiger partial charge in [-0.1, -0.05) is 164 Å². The van der Waals surface area contributed by atoms with Crippen LogP contribution in [0.3, 0.4) is 0 Å². The third-order valence-electron chi connectivity index (χ3n) is 10.0. The summed E-state index contributed by atoms with van der Waals surface area (Å²) in [5.74, 6) is -2.40. The van der Waals surface area contributed by atoms with E-state index >= 15 is 0 Å². The molecule has 0 aromatic rings. The Hall–Kier alpha value is -2.82. The van der Waals surface area contributed by atoms with Gasteiger partial charge < -0.3 is 25.2 Å². The maximum atomic E-state index is 12.3. The molecule has 0 aromatic carbocycles. The topological polar surface area (TPSA) is 169 Å². The summed E-state index contributed by atoms with van der Waals surface area (Å²) in [6, 6.07) is -1.55. The smallest absolute Gasteiger partial charge is 0.472 e. The first kappa shape index (κ1) is 58.2. The number of amides is 1. The minimum atomic E-state index is -4.76. The maximum Gasteiger partial charge on any atom is 0.472 e. The highest BCUT2D eigenvalue weighted by molar-refractivity contribution is 7.47. The number of hydrogen-bond acceptors (Lipinski definition) is 8. The van der Waals surface area contributed by atoms with Crippen LogP contribution in [0.4, 0.5) is 0 Å². The van der Waals surface area contributed by atoms with Crippen LogP contribution in [-0.2, 0) is 32.7 Å². The molecule has 0 aromatic heterocycles. The second-order valence-corrected chi connectivity index (χ2v) is 17.4. The number of esters is 1. The molecule has 0 heterocycles. The molecule has 0 radical (unpaired) electrons. The fourth-order valence-electron chi connectivity index (χ4n) is 6.29. The van der Waals surface area contributed by atoms with E-state index in [0.29, 0.717) is 12.8 Å². The quantitative estimate of drug-likeness (QED) is 0.0200. The number of unbranched alkanes of at least 4 members (excludes halogenated alkanes) is 20. The van der Waals surface area contributed by atoms with Crippen molar-refractivity contribution < 1.29 is 47.8 Å². The molecule has 352 valence electrons. The van der Waals surface area contributed by atoms with Crippen LogP contribution in [0.2, 0.25) is 0 Å². The van der Waals surface area contributed by atoms with Gasteiger partial charge in [0.2, 0.25) is 5.91 Å². The van der Waals surface area contributed by atoms with Gasteiger partial charge >= 0.3 is 19.8 Å². The predicted molar refractivity (Wildman–Crippen MR) is 249 cm³/mol. The number of hydrogen-bond donors (Lipinski definition) is 4. The molecule has 0 spiro atoms. The summed E-state index contributed by atoms with van der Waals surface area (Å²) >= 11 is 0. The molecule has 61 heavy (non-hydrogen) atoms. The van der Waals surface area contributed by atoms with Crippen LogP contribution in [0.15, 0.2) is 60.8 Å². The highest BCUT2D eigenvalue weighted by Crippen LogP contribution is 2.43. The Bertz CT molecular complexity index is 1260. The number of phosphoric ester groups is 1. The molecule has 0 fully saturated rings. The van der Waals surface area contributed by atoms with Gasteiger partial charge in [-0.25, -0.2) is 9.36 Å². The fraction of sp³-hybridized carbons (Fsp3) is 0.735. The fourth-order valence-corrected chi connectivity index (χ4v) is 7.07. The molecule has 0 aliphatic rings. The molecule has 0 aliphatic carbocycles. The number of allylic oxidation sites excluding steroid dienone is 10. The van der Waals surface area contributed by atoms with Crippen molar-refractivity contribution in [3.63, 3.8) is 0 Å². The monoisotopic (exact) mass is 880 g/mol. The first-order valence-electron chi connectivity index (χ1n) is 23.8. The van der Waals surface area contributed by atoms with Crippen LogP contribution in [0, 0.1) is 0 Å². The van der Waals surface area contributed by atoms with Gasteiger partial charge in [-0.15, -0.1) is 0 Å². The van der Waals surface area contributed by atoms with Crippen molar-refractivity contribution in [2.24, 2.45) is 0 Å². The summed E-state index contributed by atoms with van der Waals surface area (Å²) in [6.07, 6.45) is 51.0. The number of aliphatic hydroxyl groups excluding tert-OH is 1. The second kappa shape index (κ2) is 43.8. The lowest BCUT2D eigenvalue weighted by Crippen LogP contribution is -2.43. The van der Waals surface area contributed by atoms with E-state index in [-0.39, 0.29) is 12.8 Å². The van der Waals surface area contributed by atoms with E-state index in [0.717, 1.165) is 89.9 Å². The Balaban J connectivity index is 3.88. The van der Waals surface area contributed by atoms with Crippen molar-refractivity contribution in [2.45, 2.75) is 212 Å². The van der Waals surface area contributed by atoms with Gasteiger partial charge in [-0.2, -0.15) is 0 Å². The molecule has 11 nitrogen and oxygen atoms in total. The normalized spacial score (nSPS) is 14.2. The molecule has 12 heteroatoms. The molecule has 0 saturated carbocycles. The number of rotatable bonds is 44. The van der Waals surface area contributed by atoms with E-state index in [4.69, 9.17) is 13.8 Å². The summed E-state index contributed by atoms with van der Waals surface area (Å²) < 4.78 is 26.9. The highest BCUT2D eigenvalue weighted by Gasteiger charge is 2.28. The number of nitrogens with one attached hydrogen (secondary N) is 1. The first-order chi connectivity index (χ1) is 29.6. The van der Waals surface area contributed by atoms with Crippen molar-refractivity contribution in [2.75, 3.05) is 19.8 Å². The number of carboxylic acids is 1. The van der Waals surface area contributed by atoms with Crippen molar-refractivity contribution in [3.05, 3.63) is 60.8 Å². The van der Waals surface area contributed by atoms with Crippen LogP contribution in [-0.4, -0.2) is 64.9 Å². The summed E-state index contributed by atoms with van der Waals surface area (Å²) in [4.78, 5) is 46.0. The van der Waals surface area contributed by atoms with E-state index in [1.807, 2.05) is 0 Å². The molecule has 1 amide bonds. The molecular weight excluding hydrogens is 794 g/mol. The lowest BCUT2D eigenvalue weighted by atomic mass is 10.1. The van der Waals surface area contributed by atoms with Gasteiger partial charge in [0.25, 0.3) is 0 Å². The summed E-state index contributed by atoms with van der Waals surface area (Å²) in [7, 11) is -4.76. The van der Waals surface area contributed by atoms with Gasteiger partial charge in [0.05, 0.1) is 13.2 Å². The number of carboxylic acid groups (broad SMARTS) is 1. The number of aliphatic hydroxyl groups is 1. The number of aliphatic carboxylic acids is 1. The minimum absolute atomic E-state index is 0.133. The van der Waals surface area contributed by atoms with Crippen LogP contribution < -0.4 is 5.32 Å². The minimum Gasteiger partial charge on any atom is -0.480 e. The predicted octanol–water partition coefficient (Wildman–Crippen LogP) is 12.7. The van der Waals surface area contributed by atoms with E-state index in [1.54, 1.807) is 0 Å². The number of phosphoric acid groups is 1. The summed E-state index contributed by atoms with van der Waals surface area (Å²) in [6.45, 7) is 2.54. The van der Waals surface area contributed by atoms with E-state index in [9.17, 15) is 34.1 Å². The average Bonchev–Trinajstić information content (AvgIpc) is 3.24. The zero-order valence-corrected chi connectivity index (χ0v) is 39.1. The standard InChI is InChI=1S/C49H86NO10P/c1-3-5-7-9-11-13-15-17-19-20-21-22-23-24-25-26-27-29-31-33-35-37-39-41-48(53)58-42-45(51)43-59-61(56,57)60-44-46(49(54)55)50-47(52)40-38-36-34-32-30-28-18-16-14-12-10-8-6-4-2/h11,13,16-19,21-22,24-25,45-46,51H,3-10,12,14-15,20,23,26-44H2,1-2H3,(H,50,52)(H,54,55)(H,56,57)/b13-11-,18-16-,19-17-,22-21-,25-24-. The lowest BCUT2D eigenvalue weighted by Gasteiger charge is -2.18. The molecule has 4 N–H and O–H groups in total. The highest BCUT2D eigenvalue weighted by atomic mass is 31.2. The van der Waals surface area contributed by atoms with E-state index < -0.39 is 57.6 Å². The second-order valence-electron chi connectivity index (χ2n) is 15.9. The van der Waals surface area contributed by atoms with Crippen molar-refractivity contribution in [3.8, 4) is 0 Å². The molecule has 0 rings (SSSR count). The Kier molecular flexibility index (Phi) is 41.8. The SMILES string of the molecule is CCCCC/C=C\C/C=C\C/C=C\C/C=C\CCCCCCCCCC(=O)OCC(O)COP(=O)(O)OCC(NC(=O)CCCCCCC/C=C\CCCCCCC)C(=O)O. The van der Waals surface area contributed by atoms with Crippen LogP contribution in [0.1, 0.15) is 200 Å². The Morgan fingerprint density at radius 1 is 0.525 bits per heavy atom. The van der Waals surface area contributed by atoms with E-state index in [1.165, 1.54) is 70.6 Å². The third kappa shape index (κ3) is 43.6. The van der Waals surface area contributed by atoms with Crippen molar-refractivity contribution >= 4 is 25.7 Å². The van der Waals surface area contributed by atoms with Gasteiger partial charge in [0, 0.05) is 12.8 Å². The van der Waals surface area contributed by atoms with Gasteiger partial charge in [-0.3, -0.25) is 18.6 Å². The third-order valence-corrected chi connectivity index (χ3v) is 11.0. The molecule has 3 atom stereocenters. The molecule has 0 saturated heterocycles. The Morgan fingerprint density at radius 3 is 1.39 bits per heavy atom. The zero-order chi connectivity index (χ0) is 44.9. The molecule has 0 aliphatic heterocycles. The first-order valence-corrected chi connectivity index (χ1v) is 25.3. The van der Waals surface area contributed by atoms with E-state index in [2.05, 4.69) is 79.9 Å². The van der Waals surface area contributed by atoms with Gasteiger partial charge in [0.15, 0.2) is 6.04 Å². The Labute approximate surface area is 370 Å². The maximum absolute atomic E-state index is 12.3. The van der Waals surface area contributed by atoms with Crippen LogP contribution in [0.25, 0.3) is 0 Å². The largest absolute Gasteiger partial charge is 0.480 e. The lowest BCUT2D eigenvalue weighted by molar-refractivity contribution is -0.147.